The maximum atomic E-state index is 11.9. The van der Waals surface area contributed by atoms with E-state index in [4.69, 9.17) is 0 Å². The lowest BCUT2D eigenvalue weighted by Gasteiger charge is -2.16. The van der Waals surface area contributed by atoms with E-state index in [1.807, 2.05) is 67.3 Å². The molecule has 0 radical (unpaired) electrons. The van der Waals surface area contributed by atoms with E-state index in [-0.39, 0.29) is 42.0 Å². The number of aliphatic imine (C=N–C) groups is 1. The Hall–Kier alpha value is -2.82. The topological polar surface area (TPSA) is 97.9 Å². The Morgan fingerprint density at radius 2 is 1.58 bits per heavy atom. The van der Waals surface area contributed by atoms with Crippen molar-refractivity contribution >= 4 is 53.2 Å². The van der Waals surface area contributed by atoms with Gasteiger partial charge in [-0.15, -0.1) is 24.0 Å². The van der Waals surface area contributed by atoms with E-state index >= 15 is 0 Å². The van der Waals surface area contributed by atoms with Crippen LogP contribution >= 0.6 is 24.0 Å². The number of guanidine groups is 1. The third-order valence-corrected chi connectivity index (χ3v) is 5.10. The standard InChI is InChI=1S/C24H32N6O2.HI/c1-17(2)28-24(32)29-20-10-6-18(7-11-20)15-26-23(25-3)27-16-19-8-12-21(13-9-19)30-14-4-5-22(30)31;/h6-13,17H,4-5,14-16H2,1-3H3,(H2,25,26,27)(H2,28,29,32);1H. The molecule has 0 spiro atoms. The zero-order valence-corrected chi connectivity index (χ0v) is 21.7. The van der Waals surface area contributed by atoms with Gasteiger partial charge in [-0.1, -0.05) is 24.3 Å². The van der Waals surface area contributed by atoms with Crippen LogP contribution in [0.3, 0.4) is 0 Å². The lowest BCUT2D eigenvalue weighted by atomic mass is 10.2. The molecule has 3 rings (SSSR count). The van der Waals surface area contributed by atoms with E-state index in [1.165, 1.54) is 0 Å². The first-order valence-electron chi connectivity index (χ1n) is 10.9. The highest BCUT2D eigenvalue weighted by molar-refractivity contribution is 14.0. The van der Waals surface area contributed by atoms with Gasteiger partial charge in [0.1, 0.15) is 0 Å². The predicted molar refractivity (Wildman–Crippen MR) is 144 cm³/mol. The summed E-state index contributed by atoms with van der Waals surface area (Å²) in [6.07, 6.45) is 1.56. The molecule has 0 aromatic heterocycles. The molecule has 1 aliphatic rings. The van der Waals surface area contributed by atoms with Crippen LogP contribution in [0.4, 0.5) is 16.2 Å². The van der Waals surface area contributed by atoms with Crippen molar-refractivity contribution in [3.63, 3.8) is 0 Å². The van der Waals surface area contributed by atoms with Crippen molar-refractivity contribution < 1.29 is 9.59 Å². The summed E-state index contributed by atoms with van der Waals surface area (Å²) in [6.45, 7) is 5.87. The maximum Gasteiger partial charge on any atom is 0.319 e. The van der Waals surface area contributed by atoms with Crippen molar-refractivity contribution in [1.29, 1.82) is 0 Å². The summed E-state index contributed by atoms with van der Waals surface area (Å²) < 4.78 is 0. The summed E-state index contributed by atoms with van der Waals surface area (Å²) in [5.41, 5.74) is 3.88. The molecule has 0 unspecified atom stereocenters. The number of hydrogen-bond acceptors (Lipinski definition) is 3. The van der Waals surface area contributed by atoms with Gasteiger partial charge in [-0.3, -0.25) is 9.79 Å². The lowest BCUT2D eigenvalue weighted by Crippen LogP contribution is -2.36. The Bertz CT molecular complexity index is 944. The number of nitrogens with zero attached hydrogens (tertiary/aromatic N) is 2. The van der Waals surface area contributed by atoms with Gasteiger partial charge in [-0.05, 0) is 55.7 Å². The van der Waals surface area contributed by atoms with Gasteiger partial charge in [0, 0.05) is 50.5 Å². The van der Waals surface area contributed by atoms with E-state index in [9.17, 15) is 9.59 Å². The molecule has 9 heteroatoms. The summed E-state index contributed by atoms with van der Waals surface area (Å²) in [5, 5.41) is 12.2. The molecule has 1 aliphatic heterocycles. The minimum atomic E-state index is -0.212. The number of urea groups is 1. The van der Waals surface area contributed by atoms with Crippen LogP contribution in [0.2, 0.25) is 0 Å². The molecule has 1 heterocycles. The third kappa shape index (κ3) is 8.23. The Morgan fingerprint density at radius 1 is 1.00 bits per heavy atom. The highest BCUT2D eigenvalue weighted by atomic mass is 127. The van der Waals surface area contributed by atoms with Crippen molar-refractivity contribution in [2.45, 2.75) is 45.8 Å². The predicted octanol–water partition coefficient (Wildman–Crippen LogP) is 3.83. The van der Waals surface area contributed by atoms with Crippen LogP contribution in [0.1, 0.15) is 37.8 Å². The Labute approximate surface area is 212 Å². The number of carbonyl (C=O) groups excluding carboxylic acids is 2. The fourth-order valence-corrected chi connectivity index (χ4v) is 3.44. The van der Waals surface area contributed by atoms with Crippen molar-refractivity contribution in [2.75, 3.05) is 23.8 Å². The van der Waals surface area contributed by atoms with Crippen molar-refractivity contribution in [1.82, 2.24) is 16.0 Å². The summed E-state index contributed by atoms with van der Waals surface area (Å²) in [6, 6.07) is 15.6. The highest BCUT2D eigenvalue weighted by Gasteiger charge is 2.21. The molecule has 0 aliphatic carbocycles. The molecule has 178 valence electrons. The second-order valence-corrected chi connectivity index (χ2v) is 8.04. The van der Waals surface area contributed by atoms with E-state index in [0.29, 0.717) is 25.5 Å². The van der Waals surface area contributed by atoms with E-state index < -0.39 is 0 Å². The molecular formula is C24H33IN6O2. The molecule has 2 aromatic rings. The number of nitrogens with one attached hydrogen (secondary N) is 4. The maximum absolute atomic E-state index is 11.9. The molecule has 8 nitrogen and oxygen atoms in total. The molecule has 4 N–H and O–H groups in total. The van der Waals surface area contributed by atoms with Gasteiger partial charge in [0.2, 0.25) is 5.91 Å². The zero-order chi connectivity index (χ0) is 22.9. The van der Waals surface area contributed by atoms with Gasteiger partial charge in [-0.2, -0.15) is 0 Å². The first-order valence-corrected chi connectivity index (χ1v) is 10.9. The second kappa shape index (κ2) is 13.0. The molecule has 2 aromatic carbocycles. The number of carbonyl (C=O) groups is 2. The SMILES string of the molecule is CN=C(NCc1ccc(NC(=O)NC(C)C)cc1)NCc1ccc(N2CCCC2=O)cc1.I. The normalized spacial score (nSPS) is 13.5. The van der Waals surface area contributed by atoms with Gasteiger partial charge in [0.25, 0.3) is 0 Å². The lowest BCUT2D eigenvalue weighted by molar-refractivity contribution is -0.117. The summed E-state index contributed by atoms with van der Waals surface area (Å²) >= 11 is 0. The minimum Gasteiger partial charge on any atom is -0.352 e. The van der Waals surface area contributed by atoms with Gasteiger partial charge < -0.3 is 26.2 Å². The van der Waals surface area contributed by atoms with Gasteiger partial charge in [-0.25, -0.2) is 4.79 Å². The molecule has 0 saturated carbocycles. The van der Waals surface area contributed by atoms with Gasteiger partial charge >= 0.3 is 6.03 Å². The van der Waals surface area contributed by atoms with Crippen LogP contribution in [0.5, 0.6) is 0 Å². The smallest absolute Gasteiger partial charge is 0.319 e. The monoisotopic (exact) mass is 564 g/mol. The van der Waals surface area contributed by atoms with Crippen LogP contribution < -0.4 is 26.2 Å². The molecule has 3 amide bonds. The first kappa shape index (κ1) is 26.4. The van der Waals surface area contributed by atoms with Crippen LogP contribution in [-0.4, -0.2) is 37.5 Å². The molecule has 1 fully saturated rings. The third-order valence-electron chi connectivity index (χ3n) is 5.10. The van der Waals surface area contributed by atoms with Crippen molar-refractivity contribution in [3.05, 3.63) is 59.7 Å². The molecule has 33 heavy (non-hydrogen) atoms. The molecule has 0 bridgehead atoms. The largest absolute Gasteiger partial charge is 0.352 e. The van der Waals surface area contributed by atoms with E-state index in [2.05, 4.69) is 26.3 Å². The van der Waals surface area contributed by atoms with E-state index in [1.54, 1.807) is 7.05 Å². The van der Waals surface area contributed by atoms with Crippen molar-refractivity contribution in [3.8, 4) is 0 Å². The quantitative estimate of drug-likeness (QED) is 0.234. The summed E-state index contributed by atoms with van der Waals surface area (Å²) in [4.78, 5) is 29.8. The number of halogens is 1. The fraction of sp³-hybridized carbons (Fsp3) is 0.375. The Morgan fingerprint density at radius 3 is 2.06 bits per heavy atom. The fourth-order valence-electron chi connectivity index (χ4n) is 3.44. The van der Waals surface area contributed by atoms with Crippen LogP contribution in [-0.2, 0) is 17.9 Å². The van der Waals surface area contributed by atoms with Crippen molar-refractivity contribution in [2.24, 2.45) is 4.99 Å². The number of hydrogen-bond donors (Lipinski definition) is 4. The van der Waals surface area contributed by atoms with E-state index in [0.717, 1.165) is 35.5 Å². The zero-order valence-electron chi connectivity index (χ0n) is 19.4. The highest BCUT2D eigenvalue weighted by Crippen LogP contribution is 2.21. The number of rotatable bonds is 7. The Balaban J connectivity index is 0.00000385. The molecule has 1 saturated heterocycles. The summed E-state index contributed by atoms with van der Waals surface area (Å²) in [5.74, 6) is 0.894. The number of benzene rings is 2. The number of amides is 3. The Kier molecular flexibility index (Phi) is 10.4. The number of anilines is 2. The van der Waals surface area contributed by atoms with Gasteiger partial charge in [0.05, 0.1) is 0 Å². The second-order valence-electron chi connectivity index (χ2n) is 8.04. The minimum absolute atomic E-state index is 0. The van der Waals surface area contributed by atoms with Crippen LogP contribution in [0.25, 0.3) is 0 Å². The summed E-state index contributed by atoms with van der Waals surface area (Å²) in [7, 11) is 1.73. The average molecular weight is 564 g/mol. The first-order chi connectivity index (χ1) is 15.4. The van der Waals surface area contributed by atoms with Crippen LogP contribution in [0.15, 0.2) is 53.5 Å². The molecule has 0 atom stereocenters. The van der Waals surface area contributed by atoms with Gasteiger partial charge in [0.15, 0.2) is 5.96 Å². The average Bonchev–Trinajstić information content (AvgIpc) is 3.20. The molecular weight excluding hydrogens is 531 g/mol. The van der Waals surface area contributed by atoms with Crippen LogP contribution in [0, 0.1) is 0 Å².